The van der Waals surface area contributed by atoms with Crippen LogP contribution in [0.4, 0.5) is 5.69 Å². The Bertz CT molecular complexity index is 1100. The number of nitrogens with one attached hydrogen (secondary N) is 1. The molecule has 166 valence electrons. The molecule has 3 aromatic rings. The molecule has 3 aromatic carbocycles. The number of anilines is 1. The van der Waals surface area contributed by atoms with Gasteiger partial charge in [0.25, 0.3) is 5.91 Å². The number of ether oxygens (including phenoxy) is 1. The summed E-state index contributed by atoms with van der Waals surface area (Å²) in [6.07, 6.45) is 3.75. The molecule has 0 aliphatic carbocycles. The molecule has 1 aliphatic rings. The molecule has 0 bridgehead atoms. The maximum atomic E-state index is 12.8. The second-order valence-corrected chi connectivity index (χ2v) is 8.15. The van der Waals surface area contributed by atoms with Crippen molar-refractivity contribution in [1.82, 2.24) is 5.32 Å². The van der Waals surface area contributed by atoms with E-state index in [2.05, 4.69) is 18.3 Å². The molecule has 0 saturated carbocycles. The van der Waals surface area contributed by atoms with Crippen LogP contribution in [0, 0.1) is 0 Å². The summed E-state index contributed by atoms with van der Waals surface area (Å²) in [6, 6.07) is 19.9. The molecule has 0 fully saturated rings. The van der Waals surface area contributed by atoms with Gasteiger partial charge in [0.2, 0.25) is 5.91 Å². The second kappa shape index (κ2) is 10.3. The fourth-order valence-electron chi connectivity index (χ4n) is 4.26. The molecule has 0 spiro atoms. The van der Waals surface area contributed by atoms with E-state index < -0.39 is 0 Å². The molecule has 32 heavy (non-hydrogen) atoms. The van der Waals surface area contributed by atoms with Crippen LogP contribution in [0.3, 0.4) is 0 Å². The first-order chi connectivity index (χ1) is 15.7. The number of amides is 2. The number of nitrogens with zero attached hydrogens (tertiary/aromatic N) is 1. The maximum absolute atomic E-state index is 12.8. The summed E-state index contributed by atoms with van der Waals surface area (Å²) in [5, 5.41) is 5.11. The summed E-state index contributed by atoms with van der Waals surface area (Å²) >= 11 is 0. The number of benzene rings is 3. The number of carbonyl (C=O) groups excluding carboxylic acids is 2. The van der Waals surface area contributed by atoms with Crippen LogP contribution in [0.1, 0.15) is 48.5 Å². The summed E-state index contributed by atoms with van der Waals surface area (Å²) in [6.45, 7) is 3.99. The number of aryl methyl sites for hydroxylation is 1. The average molecular weight is 431 g/mol. The zero-order valence-electron chi connectivity index (χ0n) is 18.6. The van der Waals surface area contributed by atoms with Gasteiger partial charge in [-0.15, -0.1) is 0 Å². The maximum Gasteiger partial charge on any atom is 0.258 e. The number of para-hydroxylation sites is 1. The monoisotopic (exact) mass is 430 g/mol. The number of hydrogen-bond acceptors (Lipinski definition) is 3. The van der Waals surface area contributed by atoms with Crippen molar-refractivity contribution in [1.29, 1.82) is 0 Å². The normalized spacial score (nSPS) is 12.4. The van der Waals surface area contributed by atoms with Crippen LogP contribution in [-0.2, 0) is 11.2 Å². The summed E-state index contributed by atoms with van der Waals surface area (Å²) in [4.78, 5) is 26.9. The fourth-order valence-corrected chi connectivity index (χ4v) is 4.26. The summed E-state index contributed by atoms with van der Waals surface area (Å²) in [5.41, 5.74) is 2.88. The molecule has 1 N–H and O–H groups in total. The molecular formula is C27H30N2O3. The first kappa shape index (κ1) is 21.9. The minimum atomic E-state index is 0.0289. The molecule has 5 heteroatoms. The van der Waals surface area contributed by atoms with Crippen molar-refractivity contribution >= 4 is 28.3 Å². The van der Waals surface area contributed by atoms with Gasteiger partial charge in [-0.1, -0.05) is 49.4 Å². The molecule has 1 aliphatic heterocycles. The molecular weight excluding hydrogens is 400 g/mol. The summed E-state index contributed by atoms with van der Waals surface area (Å²) < 4.78 is 5.80. The predicted octanol–water partition coefficient (Wildman–Crippen LogP) is 5.12. The number of hydrogen-bond donors (Lipinski definition) is 1. The quantitative estimate of drug-likeness (QED) is 0.430. The third kappa shape index (κ3) is 4.77. The van der Waals surface area contributed by atoms with Crippen LogP contribution in [0.15, 0.2) is 60.7 Å². The molecule has 2 amide bonds. The van der Waals surface area contributed by atoms with Crippen LogP contribution in [0.2, 0.25) is 0 Å². The van der Waals surface area contributed by atoms with Crippen molar-refractivity contribution in [2.75, 3.05) is 24.6 Å². The topological polar surface area (TPSA) is 58.6 Å². The van der Waals surface area contributed by atoms with Crippen LogP contribution in [0.25, 0.3) is 10.8 Å². The Hall–Kier alpha value is -3.34. The first-order valence-corrected chi connectivity index (χ1v) is 11.5. The third-order valence-electron chi connectivity index (χ3n) is 5.81. The highest BCUT2D eigenvalue weighted by molar-refractivity contribution is 6.25. The van der Waals surface area contributed by atoms with E-state index in [1.54, 1.807) is 4.90 Å². The van der Waals surface area contributed by atoms with E-state index in [4.69, 9.17) is 4.74 Å². The van der Waals surface area contributed by atoms with Gasteiger partial charge in [-0.25, -0.2) is 0 Å². The summed E-state index contributed by atoms with van der Waals surface area (Å²) in [7, 11) is 0. The minimum absolute atomic E-state index is 0.0289. The van der Waals surface area contributed by atoms with E-state index in [1.165, 1.54) is 5.56 Å². The van der Waals surface area contributed by atoms with Crippen LogP contribution >= 0.6 is 0 Å². The highest BCUT2D eigenvalue weighted by atomic mass is 16.5. The Balaban J connectivity index is 1.21. The molecule has 0 atom stereocenters. The lowest BCUT2D eigenvalue weighted by Gasteiger charge is -2.17. The second-order valence-electron chi connectivity index (χ2n) is 8.15. The van der Waals surface area contributed by atoms with E-state index >= 15 is 0 Å². The smallest absolute Gasteiger partial charge is 0.258 e. The van der Waals surface area contributed by atoms with Crippen molar-refractivity contribution in [3.8, 4) is 5.75 Å². The van der Waals surface area contributed by atoms with Gasteiger partial charge in [0.15, 0.2) is 0 Å². The molecule has 4 rings (SSSR count). The lowest BCUT2D eigenvalue weighted by molar-refractivity contribution is -0.121. The molecule has 0 radical (unpaired) electrons. The van der Waals surface area contributed by atoms with Crippen LogP contribution < -0.4 is 15.0 Å². The molecule has 0 aromatic heterocycles. The lowest BCUT2D eigenvalue weighted by Crippen LogP contribution is -2.30. The van der Waals surface area contributed by atoms with Crippen molar-refractivity contribution in [2.45, 2.75) is 39.0 Å². The van der Waals surface area contributed by atoms with Crippen LogP contribution in [-0.4, -0.2) is 31.5 Å². The third-order valence-corrected chi connectivity index (χ3v) is 5.81. The molecule has 1 heterocycles. The standard InChI is InChI=1S/C27H30N2O3/c1-2-19-32-24-15-4-3-9-20(24)12-7-17-28-25(30)16-8-18-29-23-14-6-11-21-10-5-13-22(26(21)23)27(29)31/h3-6,9-11,13-15H,2,7-8,12,16-19H2,1H3,(H,28,30). The highest BCUT2D eigenvalue weighted by Gasteiger charge is 2.28. The minimum Gasteiger partial charge on any atom is -0.493 e. The number of rotatable bonds is 11. The van der Waals surface area contributed by atoms with Gasteiger partial charge in [0, 0.05) is 30.5 Å². The van der Waals surface area contributed by atoms with Gasteiger partial charge in [-0.2, -0.15) is 0 Å². The summed E-state index contributed by atoms with van der Waals surface area (Å²) in [5.74, 6) is 0.996. The zero-order chi connectivity index (χ0) is 22.3. The van der Waals surface area contributed by atoms with Gasteiger partial charge >= 0.3 is 0 Å². The zero-order valence-corrected chi connectivity index (χ0v) is 18.6. The average Bonchev–Trinajstić information content (AvgIpc) is 3.09. The Morgan fingerprint density at radius 1 is 1.00 bits per heavy atom. The Morgan fingerprint density at radius 3 is 2.66 bits per heavy atom. The molecule has 0 saturated heterocycles. The van der Waals surface area contributed by atoms with Crippen LogP contribution in [0.5, 0.6) is 5.75 Å². The molecule has 0 unspecified atom stereocenters. The Kier molecular flexibility index (Phi) is 7.05. The predicted molar refractivity (Wildman–Crippen MR) is 128 cm³/mol. The first-order valence-electron chi connectivity index (χ1n) is 11.5. The van der Waals surface area contributed by atoms with E-state index in [9.17, 15) is 9.59 Å². The van der Waals surface area contributed by atoms with Gasteiger partial charge in [0.1, 0.15) is 5.75 Å². The van der Waals surface area contributed by atoms with Gasteiger partial charge in [0.05, 0.1) is 12.3 Å². The SMILES string of the molecule is CCCOc1ccccc1CCCNC(=O)CCCN1C(=O)c2cccc3cccc1c23. The molecule has 5 nitrogen and oxygen atoms in total. The van der Waals surface area contributed by atoms with Crippen molar-refractivity contribution < 1.29 is 14.3 Å². The van der Waals surface area contributed by atoms with Gasteiger partial charge in [-0.05, 0) is 54.8 Å². The van der Waals surface area contributed by atoms with Crippen molar-refractivity contribution in [3.05, 3.63) is 71.8 Å². The fraction of sp³-hybridized carbons (Fsp3) is 0.333. The van der Waals surface area contributed by atoms with E-state index in [-0.39, 0.29) is 11.8 Å². The largest absolute Gasteiger partial charge is 0.493 e. The van der Waals surface area contributed by atoms with Gasteiger partial charge < -0.3 is 15.0 Å². The van der Waals surface area contributed by atoms with Gasteiger partial charge in [-0.3, -0.25) is 9.59 Å². The van der Waals surface area contributed by atoms with Crippen molar-refractivity contribution in [3.63, 3.8) is 0 Å². The number of carbonyl (C=O) groups is 2. The lowest BCUT2D eigenvalue weighted by atomic mass is 10.1. The Labute approximate surface area is 189 Å². The van der Waals surface area contributed by atoms with Crippen molar-refractivity contribution in [2.24, 2.45) is 0 Å². The highest BCUT2D eigenvalue weighted by Crippen LogP contribution is 2.37. The van der Waals surface area contributed by atoms with E-state index in [0.717, 1.165) is 47.0 Å². The van der Waals surface area contributed by atoms with E-state index in [0.29, 0.717) is 32.5 Å². The van der Waals surface area contributed by atoms with E-state index in [1.807, 2.05) is 54.6 Å². The Morgan fingerprint density at radius 2 is 1.81 bits per heavy atom.